The molecule has 5 nitrogen and oxygen atoms in total. The highest BCUT2D eigenvalue weighted by Crippen LogP contribution is 2.27. The van der Waals surface area contributed by atoms with Crippen LogP contribution in [0.1, 0.15) is 10.6 Å². The minimum atomic E-state index is -0.341. The SMILES string of the molecule is O=C(Nc1ccc2oc(-c3ccc(Cl)cc3)nc2c1)c1ccc(Br)o1. The Balaban J connectivity index is 1.61. The zero-order valence-electron chi connectivity index (χ0n) is 12.6. The van der Waals surface area contributed by atoms with Crippen molar-refractivity contribution in [3.05, 3.63) is 70.0 Å². The van der Waals surface area contributed by atoms with Gasteiger partial charge in [0.25, 0.3) is 5.91 Å². The van der Waals surface area contributed by atoms with E-state index in [-0.39, 0.29) is 11.7 Å². The zero-order valence-corrected chi connectivity index (χ0v) is 15.0. The summed E-state index contributed by atoms with van der Waals surface area (Å²) in [5.41, 5.74) is 2.69. The molecule has 7 heteroatoms. The zero-order chi connectivity index (χ0) is 17.4. The van der Waals surface area contributed by atoms with Gasteiger partial charge in [-0.25, -0.2) is 4.98 Å². The number of hydrogen-bond donors (Lipinski definition) is 1. The second-order valence-electron chi connectivity index (χ2n) is 5.27. The quantitative estimate of drug-likeness (QED) is 0.460. The molecule has 4 aromatic rings. The van der Waals surface area contributed by atoms with Gasteiger partial charge in [-0.1, -0.05) is 11.6 Å². The number of nitrogens with zero attached hydrogens (tertiary/aromatic N) is 1. The van der Waals surface area contributed by atoms with Crippen LogP contribution in [0.2, 0.25) is 5.02 Å². The van der Waals surface area contributed by atoms with Crippen molar-refractivity contribution in [2.75, 3.05) is 5.32 Å². The lowest BCUT2D eigenvalue weighted by molar-refractivity contribution is 0.0995. The molecule has 0 fully saturated rings. The number of amides is 1. The minimum absolute atomic E-state index is 0.217. The molecule has 0 saturated carbocycles. The van der Waals surface area contributed by atoms with E-state index < -0.39 is 0 Å². The van der Waals surface area contributed by atoms with E-state index in [0.29, 0.717) is 32.4 Å². The molecule has 2 heterocycles. The number of furan rings is 1. The van der Waals surface area contributed by atoms with Crippen LogP contribution in [0, 0.1) is 0 Å². The van der Waals surface area contributed by atoms with Crippen LogP contribution in [-0.4, -0.2) is 10.9 Å². The third-order valence-corrected chi connectivity index (χ3v) is 4.21. The summed E-state index contributed by atoms with van der Waals surface area (Å²) in [5, 5.41) is 3.42. The van der Waals surface area contributed by atoms with Crippen LogP contribution >= 0.6 is 27.5 Å². The summed E-state index contributed by atoms with van der Waals surface area (Å²) in [5.74, 6) is 0.366. The molecular formula is C18H10BrClN2O3. The van der Waals surface area contributed by atoms with Gasteiger partial charge in [0.15, 0.2) is 16.0 Å². The van der Waals surface area contributed by atoms with Crippen LogP contribution < -0.4 is 5.32 Å². The average Bonchev–Trinajstić information content (AvgIpc) is 3.21. The van der Waals surface area contributed by atoms with Gasteiger partial charge in [0.2, 0.25) is 5.89 Å². The van der Waals surface area contributed by atoms with E-state index in [9.17, 15) is 4.79 Å². The van der Waals surface area contributed by atoms with Gasteiger partial charge in [-0.15, -0.1) is 0 Å². The predicted octanol–water partition coefficient (Wildman–Crippen LogP) is 5.76. The molecule has 25 heavy (non-hydrogen) atoms. The Kier molecular flexibility index (Phi) is 4.07. The van der Waals surface area contributed by atoms with Gasteiger partial charge in [0, 0.05) is 16.3 Å². The van der Waals surface area contributed by atoms with Gasteiger partial charge >= 0.3 is 0 Å². The van der Waals surface area contributed by atoms with Gasteiger partial charge in [0.1, 0.15) is 5.52 Å². The van der Waals surface area contributed by atoms with Gasteiger partial charge in [0.05, 0.1) is 0 Å². The molecule has 0 aliphatic heterocycles. The molecular weight excluding hydrogens is 408 g/mol. The van der Waals surface area contributed by atoms with Gasteiger partial charge in [-0.3, -0.25) is 4.79 Å². The summed E-state index contributed by atoms with van der Waals surface area (Å²) in [7, 11) is 0. The molecule has 124 valence electrons. The molecule has 1 N–H and O–H groups in total. The van der Waals surface area contributed by atoms with Gasteiger partial charge < -0.3 is 14.2 Å². The molecule has 0 atom stereocenters. The smallest absolute Gasteiger partial charge is 0.291 e. The van der Waals surface area contributed by atoms with E-state index in [4.69, 9.17) is 20.4 Å². The average molecular weight is 418 g/mol. The molecule has 0 radical (unpaired) electrons. The highest BCUT2D eigenvalue weighted by Gasteiger charge is 2.13. The summed E-state index contributed by atoms with van der Waals surface area (Å²) in [6, 6.07) is 15.7. The number of halogens is 2. The van der Waals surface area contributed by atoms with Crippen molar-refractivity contribution >= 4 is 50.2 Å². The van der Waals surface area contributed by atoms with Crippen LogP contribution in [0.4, 0.5) is 5.69 Å². The Morgan fingerprint density at radius 3 is 2.56 bits per heavy atom. The number of nitrogens with one attached hydrogen (secondary N) is 1. The highest BCUT2D eigenvalue weighted by molar-refractivity contribution is 9.10. The normalized spacial score (nSPS) is 11.0. The number of aromatic nitrogens is 1. The largest absolute Gasteiger partial charge is 0.444 e. The first-order valence-corrected chi connectivity index (χ1v) is 8.49. The fourth-order valence-electron chi connectivity index (χ4n) is 2.35. The first-order chi connectivity index (χ1) is 12.1. The summed E-state index contributed by atoms with van der Waals surface area (Å²) < 4.78 is 11.5. The molecule has 0 spiro atoms. The topological polar surface area (TPSA) is 68.3 Å². The van der Waals surface area contributed by atoms with Crippen molar-refractivity contribution < 1.29 is 13.6 Å². The molecule has 0 unspecified atom stereocenters. The Labute approximate surface area is 155 Å². The third kappa shape index (κ3) is 3.31. The molecule has 2 aromatic carbocycles. The van der Waals surface area contributed by atoms with Crippen molar-refractivity contribution in [2.45, 2.75) is 0 Å². The molecule has 1 amide bonds. The number of fused-ring (bicyclic) bond motifs is 1. The fourth-order valence-corrected chi connectivity index (χ4v) is 2.78. The number of hydrogen-bond acceptors (Lipinski definition) is 4. The number of benzene rings is 2. The lowest BCUT2D eigenvalue weighted by atomic mass is 10.2. The lowest BCUT2D eigenvalue weighted by Gasteiger charge is -2.02. The number of anilines is 1. The molecule has 4 rings (SSSR count). The molecule has 2 aromatic heterocycles. The standard InChI is InChI=1S/C18H10BrClN2O3/c19-16-8-7-15(24-16)17(23)21-12-5-6-14-13(9-12)22-18(25-14)10-1-3-11(20)4-2-10/h1-9H,(H,21,23). The van der Waals surface area contributed by atoms with E-state index in [1.54, 1.807) is 42.5 Å². The number of carbonyl (C=O) groups is 1. The lowest BCUT2D eigenvalue weighted by Crippen LogP contribution is -2.10. The minimum Gasteiger partial charge on any atom is -0.444 e. The maximum Gasteiger partial charge on any atom is 0.291 e. The second kappa shape index (κ2) is 6.38. The van der Waals surface area contributed by atoms with Crippen LogP contribution in [-0.2, 0) is 0 Å². The Morgan fingerprint density at radius 2 is 1.84 bits per heavy atom. The Morgan fingerprint density at radius 1 is 1.04 bits per heavy atom. The maximum absolute atomic E-state index is 12.1. The van der Waals surface area contributed by atoms with E-state index in [0.717, 1.165) is 5.56 Å². The number of carbonyl (C=O) groups excluding carboxylic acids is 1. The van der Waals surface area contributed by atoms with Gasteiger partial charge in [-0.2, -0.15) is 0 Å². The van der Waals surface area contributed by atoms with Crippen molar-refractivity contribution in [2.24, 2.45) is 0 Å². The van der Waals surface area contributed by atoms with Crippen molar-refractivity contribution in [3.8, 4) is 11.5 Å². The van der Waals surface area contributed by atoms with E-state index >= 15 is 0 Å². The van der Waals surface area contributed by atoms with Crippen molar-refractivity contribution in [1.82, 2.24) is 4.98 Å². The van der Waals surface area contributed by atoms with Crippen LogP contribution in [0.25, 0.3) is 22.6 Å². The molecule has 0 aliphatic carbocycles. The third-order valence-electron chi connectivity index (χ3n) is 3.53. The fraction of sp³-hybridized carbons (Fsp3) is 0. The molecule has 0 saturated heterocycles. The second-order valence-corrected chi connectivity index (χ2v) is 6.48. The monoisotopic (exact) mass is 416 g/mol. The van der Waals surface area contributed by atoms with Crippen molar-refractivity contribution in [3.63, 3.8) is 0 Å². The first-order valence-electron chi connectivity index (χ1n) is 7.32. The summed E-state index contributed by atoms with van der Waals surface area (Å²) in [4.78, 5) is 16.6. The van der Waals surface area contributed by atoms with Crippen LogP contribution in [0.3, 0.4) is 0 Å². The van der Waals surface area contributed by atoms with E-state index in [2.05, 4.69) is 26.2 Å². The first kappa shape index (κ1) is 15.9. The number of oxazole rings is 1. The predicted molar refractivity (Wildman–Crippen MR) is 98.8 cm³/mol. The number of rotatable bonds is 3. The summed E-state index contributed by atoms with van der Waals surface area (Å²) >= 11 is 9.07. The maximum atomic E-state index is 12.1. The van der Waals surface area contributed by atoms with E-state index in [1.807, 2.05) is 12.1 Å². The van der Waals surface area contributed by atoms with Crippen LogP contribution in [0.5, 0.6) is 0 Å². The van der Waals surface area contributed by atoms with Crippen molar-refractivity contribution in [1.29, 1.82) is 0 Å². The molecule has 0 aliphatic rings. The van der Waals surface area contributed by atoms with Crippen LogP contribution in [0.15, 0.2) is 68.1 Å². The molecule has 0 bridgehead atoms. The van der Waals surface area contributed by atoms with Gasteiger partial charge in [-0.05, 0) is 70.5 Å². The van der Waals surface area contributed by atoms with E-state index in [1.165, 1.54) is 0 Å². The Hall–Kier alpha value is -2.57. The summed E-state index contributed by atoms with van der Waals surface area (Å²) in [6.07, 6.45) is 0. The highest BCUT2D eigenvalue weighted by atomic mass is 79.9. The summed E-state index contributed by atoms with van der Waals surface area (Å²) in [6.45, 7) is 0. The Bertz CT molecular complexity index is 1070.